The van der Waals surface area contributed by atoms with Crippen LogP contribution in [0.1, 0.15) is 36.1 Å². The maximum absolute atomic E-state index is 9.90. The largest absolute Gasteiger partial charge is 0.496 e. The average molecular weight is 465 g/mol. The van der Waals surface area contributed by atoms with Gasteiger partial charge in [-0.1, -0.05) is 37.6 Å². The first-order valence-corrected chi connectivity index (χ1v) is 10.5. The summed E-state index contributed by atoms with van der Waals surface area (Å²) in [6.07, 6.45) is 1.68. The van der Waals surface area contributed by atoms with E-state index >= 15 is 0 Å². The number of aryl methyl sites for hydroxylation is 1. The van der Waals surface area contributed by atoms with E-state index in [1.165, 1.54) is 0 Å². The number of nitriles is 1. The monoisotopic (exact) mass is 464 g/mol. The Hall–Kier alpha value is -3.24. The van der Waals surface area contributed by atoms with Crippen LogP contribution in [-0.2, 0) is 6.42 Å². The number of nitrogens with two attached hydrogens (primary N) is 1. The molecule has 0 bridgehead atoms. The lowest BCUT2D eigenvalue weighted by Crippen LogP contribution is -2.22. The normalized spacial score (nSPS) is 15.3. The first-order valence-electron chi connectivity index (χ1n) is 9.67. The third-order valence-electron chi connectivity index (χ3n) is 5.12. The zero-order valence-electron chi connectivity index (χ0n) is 16.7. The van der Waals surface area contributed by atoms with E-state index in [4.69, 9.17) is 20.3 Å². The van der Waals surface area contributed by atoms with Crippen LogP contribution < -0.4 is 15.2 Å². The number of aromatic nitrogens is 2. The minimum Gasteiger partial charge on any atom is -0.496 e. The maximum Gasteiger partial charge on any atom is 0.229 e. The molecular formula is C23H21BrN4O2. The molecule has 3 aromatic rings. The van der Waals surface area contributed by atoms with Crippen LogP contribution in [0.5, 0.6) is 11.6 Å². The van der Waals surface area contributed by atoms with Crippen LogP contribution in [0, 0.1) is 11.3 Å². The predicted molar refractivity (Wildman–Crippen MR) is 118 cm³/mol. The summed E-state index contributed by atoms with van der Waals surface area (Å²) in [7, 11) is 1.62. The van der Waals surface area contributed by atoms with Crippen molar-refractivity contribution in [3.8, 4) is 23.4 Å². The molecule has 2 N–H and O–H groups in total. The van der Waals surface area contributed by atoms with E-state index < -0.39 is 0 Å². The fourth-order valence-corrected chi connectivity index (χ4v) is 4.33. The zero-order valence-corrected chi connectivity index (χ0v) is 18.3. The van der Waals surface area contributed by atoms with Crippen molar-refractivity contribution in [2.75, 3.05) is 7.11 Å². The molecule has 1 aliphatic heterocycles. The number of benzene rings is 2. The number of nitrogens with zero attached hydrogens (tertiary/aromatic N) is 3. The highest BCUT2D eigenvalue weighted by Crippen LogP contribution is 2.46. The predicted octanol–water partition coefficient (Wildman–Crippen LogP) is 4.81. The summed E-state index contributed by atoms with van der Waals surface area (Å²) in [6.45, 7) is 2.10. The van der Waals surface area contributed by atoms with E-state index in [9.17, 15) is 5.26 Å². The van der Waals surface area contributed by atoms with Gasteiger partial charge in [-0.3, -0.25) is 0 Å². The van der Waals surface area contributed by atoms with Gasteiger partial charge in [-0.25, -0.2) is 4.68 Å². The molecule has 1 atom stereocenters. The van der Waals surface area contributed by atoms with Crippen molar-refractivity contribution in [1.82, 2.24) is 9.78 Å². The molecule has 0 spiro atoms. The van der Waals surface area contributed by atoms with Crippen LogP contribution in [0.15, 0.2) is 64.5 Å². The van der Waals surface area contributed by atoms with Crippen molar-refractivity contribution in [2.24, 2.45) is 5.73 Å². The quantitative estimate of drug-likeness (QED) is 0.584. The van der Waals surface area contributed by atoms with E-state index in [2.05, 4.69) is 28.9 Å². The van der Waals surface area contributed by atoms with Crippen LogP contribution in [0.4, 0.5) is 0 Å². The lowest BCUT2D eigenvalue weighted by molar-refractivity contribution is 0.367. The summed E-state index contributed by atoms with van der Waals surface area (Å²) in [4.78, 5) is 0. The molecule has 0 amide bonds. The average Bonchev–Trinajstić information content (AvgIpc) is 3.11. The van der Waals surface area contributed by atoms with Gasteiger partial charge < -0.3 is 15.2 Å². The molecule has 0 saturated heterocycles. The molecular weight excluding hydrogens is 444 g/mol. The lowest BCUT2D eigenvalue weighted by Gasteiger charge is -2.25. The van der Waals surface area contributed by atoms with Crippen molar-refractivity contribution < 1.29 is 9.47 Å². The Labute approximate surface area is 183 Å². The first-order chi connectivity index (χ1) is 14.6. The number of hydrogen-bond donors (Lipinski definition) is 1. The number of halogens is 1. The van der Waals surface area contributed by atoms with Crippen LogP contribution >= 0.6 is 15.9 Å². The third-order valence-corrected chi connectivity index (χ3v) is 5.74. The fraction of sp³-hybridized carbons (Fsp3) is 0.217. The van der Waals surface area contributed by atoms with Crippen LogP contribution in [0.3, 0.4) is 0 Å². The summed E-state index contributed by atoms with van der Waals surface area (Å²) >= 11 is 3.55. The molecule has 1 unspecified atom stereocenters. The zero-order chi connectivity index (χ0) is 21.3. The van der Waals surface area contributed by atoms with Gasteiger partial charge in [0.2, 0.25) is 11.8 Å². The molecule has 1 aliphatic rings. The van der Waals surface area contributed by atoms with Crippen molar-refractivity contribution in [2.45, 2.75) is 25.7 Å². The number of rotatable bonds is 5. The summed E-state index contributed by atoms with van der Waals surface area (Å²) in [5.41, 5.74) is 10.2. The molecule has 2 aromatic carbocycles. The molecule has 2 heterocycles. The number of methoxy groups -OCH3 is 1. The molecule has 4 rings (SSSR count). The molecule has 0 saturated carbocycles. The van der Waals surface area contributed by atoms with E-state index in [0.29, 0.717) is 11.5 Å². The second-order valence-corrected chi connectivity index (χ2v) is 7.84. The van der Waals surface area contributed by atoms with Crippen LogP contribution in [-0.4, -0.2) is 16.9 Å². The van der Waals surface area contributed by atoms with E-state index in [-0.39, 0.29) is 11.8 Å². The second kappa shape index (κ2) is 8.25. The Morgan fingerprint density at radius 3 is 2.67 bits per heavy atom. The molecule has 7 heteroatoms. The number of ether oxygens (including phenoxy) is 2. The van der Waals surface area contributed by atoms with Crippen molar-refractivity contribution >= 4 is 15.9 Å². The molecule has 0 aliphatic carbocycles. The Bertz CT molecular complexity index is 1160. The third kappa shape index (κ3) is 3.33. The van der Waals surface area contributed by atoms with Crippen LogP contribution in [0.25, 0.3) is 5.69 Å². The number of hydrogen-bond acceptors (Lipinski definition) is 5. The molecule has 30 heavy (non-hydrogen) atoms. The number of fused-ring (bicyclic) bond motifs is 1. The first kappa shape index (κ1) is 20.0. The fourth-order valence-electron chi connectivity index (χ4n) is 3.77. The molecule has 152 valence electrons. The van der Waals surface area contributed by atoms with Gasteiger partial charge in [-0.05, 0) is 52.2 Å². The van der Waals surface area contributed by atoms with Crippen molar-refractivity contribution in [1.29, 1.82) is 5.26 Å². The number of para-hydroxylation sites is 1. The van der Waals surface area contributed by atoms with Gasteiger partial charge in [-0.2, -0.15) is 10.4 Å². The minimum atomic E-state index is -0.375. The Balaban J connectivity index is 1.97. The summed E-state index contributed by atoms with van der Waals surface area (Å²) < 4.78 is 13.9. The van der Waals surface area contributed by atoms with E-state index in [0.717, 1.165) is 45.6 Å². The van der Waals surface area contributed by atoms with Gasteiger partial charge in [-0.15, -0.1) is 0 Å². The molecule has 1 aromatic heterocycles. The number of allylic oxidation sites excluding steroid dienone is 1. The van der Waals surface area contributed by atoms with Gasteiger partial charge >= 0.3 is 0 Å². The summed E-state index contributed by atoms with van der Waals surface area (Å²) in [5.74, 6) is 0.996. The second-order valence-electron chi connectivity index (χ2n) is 6.98. The van der Waals surface area contributed by atoms with Gasteiger partial charge in [0.15, 0.2) is 0 Å². The van der Waals surface area contributed by atoms with E-state index in [1.807, 2.05) is 48.5 Å². The SMILES string of the molecule is CCCc1nn(-c2ccccc2)c2c1C(c1ccc(OC)c(Br)c1)C(C#N)=C(N)O2. The highest BCUT2D eigenvalue weighted by Gasteiger charge is 2.37. The van der Waals surface area contributed by atoms with Crippen molar-refractivity contribution in [3.05, 3.63) is 81.3 Å². The Morgan fingerprint density at radius 2 is 2.03 bits per heavy atom. The van der Waals surface area contributed by atoms with Gasteiger partial charge in [0.05, 0.1) is 34.4 Å². The maximum atomic E-state index is 9.90. The van der Waals surface area contributed by atoms with Gasteiger partial charge in [0.1, 0.15) is 17.4 Å². The van der Waals surface area contributed by atoms with Crippen molar-refractivity contribution in [3.63, 3.8) is 0 Å². The highest BCUT2D eigenvalue weighted by molar-refractivity contribution is 9.10. The van der Waals surface area contributed by atoms with Gasteiger partial charge in [0.25, 0.3) is 0 Å². The van der Waals surface area contributed by atoms with Gasteiger partial charge in [0, 0.05) is 0 Å². The smallest absolute Gasteiger partial charge is 0.229 e. The lowest BCUT2D eigenvalue weighted by atomic mass is 9.83. The molecule has 0 radical (unpaired) electrons. The molecule has 0 fully saturated rings. The highest BCUT2D eigenvalue weighted by atomic mass is 79.9. The van der Waals surface area contributed by atoms with Crippen LogP contribution in [0.2, 0.25) is 0 Å². The summed E-state index contributed by atoms with van der Waals surface area (Å²) in [6, 6.07) is 17.8. The molecule has 6 nitrogen and oxygen atoms in total. The minimum absolute atomic E-state index is 0.0991. The topological polar surface area (TPSA) is 86.1 Å². The standard InChI is InChI=1S/C23H21BrN4O2/c1-3-7-18-21-20(14-10-11-19(29-2)17(24)12-14)16(13-25)22(26)30-23(21)28(27-18)15-8-5-4-6-9-15/h4-6,8-12,20H,3,7,26H2,1-2H3. The summed E-state index contributed by atoms with van der Waals surface area (Å²) in [5, 5.41) is 14.8. The Morgan fingerprint density at radius 1 is 1.27 bits per heavy atom. The van der Waals surface area contributed by atoms with E-state index in [1.54, 1.807) is 11.8 Å². The Kier molecular flexibility index (Phi) is 5.51.